The van der Waals surface area contributed by atoms with Crippen LogP contribution in [-0.4, -0.2) is 36.1 Å². The summed E-state index contributed by atoms with van der Waals surface area (Å²) in [7, 11) is 0. The number of hydrogen-bond donors (Lipinski definition) is 2. The summed E-state index contributed by atoms with van der Waals surface area (Å²) in [5.41, 5.74) is 7.43. The van der Waals surface area contributed by atoms with Crippen LogP contribution in [0.4, 0.5) is 0 Å². The molecule has 3 nitrogen and oxygen atoms in total. The van der Waals surface area contributed by atoms with Gasteiger partial charge < -0.3 is 11.1 Å². The van der Waals surface area contributed by atoms with Crippen molar-refractivity contribution in [1.82, 2.24) is 10.2 Å². The largest absolute Gasteiger partial charge is 0.324 e. The van der Waals surface area contributed by atoms with Crippen molar-refractivity contribution < 1.29 is 0 Å². The lowest BCUT2D eigenvalue weighted by Crippen LogP contribution is -2.48. The number of benzene rings is 1. The zero-order chi connectivity index (χ0) is 14.9. The third-order valence-electron chi connectivity index (χ3n) is 5.00. The maximum Gasteiger partial charge on any atom is 0.0233 e. The minimum absolute atomic E-state index is 0.111. The fourth-order valence-corrected chi connectivity index (χ4v) is 3.98. The Hall–Kier alpha value is -0.900. The molecule has 1 aliphatic carbocycles. The summed E-state index contributed by atoms with van der Waals surface area (Å²) in [6.07, 6.45) is 2.70. The molecule has 3 unspecified atom stereocenters. The van der Waals surface area contributed by atoms with Crippen LogP contribution >= 0.6 is 0 Å². The van der Waals surface area contributed by atoms with E-state index in [9.17, 15) is 0 Å². The Kier molecular flexibility index (Phi) is 4.34. The van der Waals surface area contributed by atoms with Crippen molar-refractivity contribution in [3.8, 4) is 0 Å². The smallest absolute Gasteiger partial charge is 0.0233 e. The van der Waals surface area contributed by atoms with E-state index < -0.39 is 0 Å². The van der Waals surface area contributed by atoms with Crippen molar-refractivity contribution in [2.24, 2.45) is 17.6 Å². The molecule has 3 atom stereocenters. The van der Waals surface area contributed by atoms with Crippen LogP contribution in [0.2, 0.25) is 0 Å². The minimum atomic E-state index is -0.111. The van der Waals surface area contributed by atoms with E-state index in [4.69, 9.17) is 5.73 Å². The van der Waals surface area contributed by atoms with Gasteiger partial charge in [-0.15, -0.1) is 0 Å². The van der Waals surface area contributed by atoms with E-state index in [1.165, 1.54) is 31.5 Å². The highest BCUT2D eigenvalue weighted by Crippen LogP contribution is 2.38. The Bertz CT molecular complexity index is 451. The van der Waals surface area contributed by atoms with Crippen LogP contribution in [0.3, 0.4) is 0 Å². The van der Waals surface area contributed by atoms with Gasteiger partial charge in [0.05, 0.1) is 0 Å². The summed E-state index contributed by atoms with van der Waals surface area (Å²) < 4.78 is 0. The highest BCUT2D eigenvalue weighted by molar-refractivity contribution is 5.15. The third-order valence-corrected chi connectivity index (χ3v) is 5.00. The molecule has 1 aromatic rings. The maximum absolute atomic E-state index is 6.11. The number of likely N-dealkylation sites (tertiary alicyclic amines) is 1. The molecule has 1 aromatic carbocycles. The number of nitrogens with two attached hydrogens (primary N) is 1. The number of fused-ring (bicyclic) bond motifs is 1. The van der Waals surface area contributed by atoms with Crippen molar-refractivity contribution >= 4 is 0 Å². The van der Waals surface area contributed by atoms with Gasteiger partial charge in [-0.3, -0.25) is 4.90 Å². The molecule has 1 saturated heterocycles. The number of hydrogen-bond acceptors (Lipinski definition) is 3. The molecule has 1 saturated carbocycles. The summed E-state index contributed by atoms with van der Waals surface area (Å²) in [6, 6.07) is 11.5. The van der Waals surface area contributed by atoms with Crippen molar-refractivity contribution in [2.75, 3.05) is 19.6 Å². The maximum atomic E-state index is 6.11. The first kappa shape index (κ1) is 15.0. The molecular formula is C18H29N3. The van der Waals surface area contributed by atoms with Gasteiger partial charge in [-0.1, -0.05) is 30.3 Å². The molecule has 0 amide bonds. The summed E-state index contributed by atoms with van der Waals surface area (Å²) >= 11 is 0. The van der Waals surface area contributed by atoms with E-state index in [0.717, 1.165) is 24.9 Å². The van der Waals surface area contributed by atoms with Gasteiger partial charge >= 0.3 is 0 Å². The lowest BCUT2D eigenvalue weighted by atomic mass is 9.97. The van der Waals surface area contributed by atoms with Gasteiger partial charge in [-0.05, 0) is 44.1 Å². The average Bonchev–Trinajstić information content (AvgIpc) is 2.97. The summed E-state index contributed by atoms with van der Waals surface area (Å²) in [5, 5.41) is 3.73. The second kappa shape index (κ2) is 6.07. The van der Waals surface area contributed by atoms with Gasteiger partial charge in [0.15, 0.2) is 0 Å². The van der Waals surface area contributed by atoms with Crippen molar-refractivity contribution in [3.63, 3.8) is 0 Å². The fraction of sp³-hybridized carbons (Fsp3) is 0.667. The van der Waals surface area contributed by atoms with E-state index in [2.05, 4.69) is 54.4 Å². The second-order valence-electron chi connectivity index (χ2n) is 7.66. The molecule has 3 rings (SSSR count). The molecule has 1 heterocycles. The zero-order valence-corrected chi connectivity index (χ0v) is 13.4. The fourth-order valence-electron chi connectivity index (χ4n) is 3.98. The number of rotatable bonds is 5. The van der Waals surface area contributed by atoms with Crippen LogP contribution in [0, 0.1) is 11.8 Å². The number of nitrogens with zero attached hydrogens (tertiary/aromatic N) is 1. The SMILES string of the molecule is CC(C)(N)CNC1CCC2CN(Cc3ccccc3)CC21. The van der Waals surface area contributed by atoms with Crippen LogP contribution < -0.4 is 11.1 Å². The van der Waals surface area contributed by atoms with E-state index in [1.807, 2.05) is 0 Å². The number of nitrogens with one attached hydrogen (secondary N) is 1. The van der Waals surface area contributed by atoms with Gasteiger partial charge in [-0.25, -0.2) is 0 Å². The molecule has 2 fully saturated rings. The van der Waals surface area contributed by atoms with Crippen LogP contribution in [0.15, 0.2) is 30.3 Å². The van der Waals surface area contributed by atoms with Crippen molar-refractivity contribution in [2.45, 2.75) is 44.8 Å². The molecule has 0 spiro atoms. The lowest BCUT2D eigenvalue weighted by molar-refractivity contribution is 0.284. The normalized spacial score (nSPS) is 29.8. The molecule has 0 bridgehead atoms. The molecular weight excluding hydrogens is 258 g/mol. The highest BCUT2D eigenvalue weighted by atomic mass is 15.2. The Morgan fingerprint density at radius 3 is 2.67 bits per heavy atom. The van der Waals surface area contributed by atoms with E-state index in [1.54, 1.807) is 0 Å². The Morgan fingerprint density at radius 2 is 1.95 bits per heavy atom. The van der Waals surface area contributed by atoms with E-state index in [-0.39, 0.29) is 5.54 Å². The first-order valence-corrected chi connectivity index (χ1v) is 8.30. The minimum Gasteiger partial charge on any atom is -0.324 e. The standard InChI is InChI=1S/C18H29N3/c1-18(2,19)13-20-17-9-8-15-11-21(12-16(15)17)10-14-6-4-3-5-7-14/h3-7,15-17,20H,8-13,19H2,1-2H3. The molecule has 21 heavy (non-hydrogen) atoms. The van der Waals surface area contributed by atoms with Gasteiger partial charge in [0.2, 0.25) is 0 Å². The topological polar surface area (TPSA) is 41.3 Å². The molecule has 2 aliphatic rings. The summed E-state index contributed by atoms with van der Waals surface area (Å²) in [5.74, 6) is 1.70. The van der Waals surface area contributed by atoms with Gasteiger partial charge in [0.1, 0.15) is 0 Å². The van der Waals surface area contributed by atoms with Crippen LogP contribution in [0.5, 0.6) is 0 Å². The Morgan fingerprint density at radius 1 is 1.19 bits per heavy atom. The van der Waals surface area contributed by atoms with Crippen LogP contribution in [0.25, 0.3) is 0 Å². The van der Waals surface area contributed by atoms with Crippen molar-refractivity contribution in [1.29, 1.82) is 0 Å². The summed E-state index contributed by atoms with van der Waals surface area (Å²) in [4.78, 5) is 2.63. The molecule has 0 radical (unpaired) electrons. The molecule has 1 aliphatic heterocycles. The van der Waals surface area contributed by atoms with Crippen molar-refractivity contribution in [3.05, 3.63) is 35.9 Å². The van der Waals surface area contributed by atoms with Gasteiger partial charge in [0.25, 0.3) is 0 Å². The Labute approximate surface area is 128 Å². The molecule has 3 N–H and O–H groups in total. The average molecular weight is 287 g/mol. The molecule has 116 valence electrons. The van der Waals surface area contributed by atoms with Gasteiger partial charge in [0, 0.05) is 37.8 Å². The first-order valence-electron chi connectivity index (χ1n) is 8.30. The summed E-state index contributed by atoms with van der Waals surface area (Å²) in [6.45, 7) is 8.72. The quantitative estimate of drug-likeness (QED) is 0.872. The molecule has 0 aromatic heterocycles. The first-order chi connectivity index (χ1) is 10.0. The Balaban J connectivity index is 1.54. The predicted octanol–water partition coefficient (Wildman–Crippen LogP) is 2.22. The molecule has 3 heteroatoms. The zero-order valence-electron chi connectivity index (χ0n) is 13.4. The highest BCUT2D eigenvalue weighted by Gasteiger charge is 2.42. The van der Waals surface area contributed by atoms with Gasteiger partial charge in [-0.2, -0.15) is 0 Å². The lowest BCUT2D eigenvalue weighted by Gasteiger charge is -2.26. The second-order valence-corrected chi connectivity index (χ2v) is 7.66. The predicted molar refractivity (Wildman–Crippen MR) is 88.0 cm³/mol. The monoisotopic (exact) mass is 287 g/mol. The van der Waals surface area contributed by atoms with E-state index >= 15 is 0 Å². The van der Waals surface area contributed by atoms with Crippen LogP contribution in [0.1, 0.15) is 32.3 Å². The third kappa shape index (κ3) is 3.85. The van der Waals surface area contributed by atoms with Crippen LogP contribution in [-0.2, 0) is 6.54 Å². The van der Waals surface area contributed by atoms with E-state index in [0.29, 0.717) is 6.04 Å².